The van der Waals surface area contributed by atoms with Gasteiger partial charge in [0.2, 0.25) is 5.88 Å². The molecule has 0 saturated heterocycles. The number of aromatic nitrogens is 4. The van der Waals surface area contributed by atoms with Crippen molar-refractivity contribution in [1.29, 1.82) is 0 Å². The average molecular weight is 541 g/mol. The second-order valence-electron chi connectivity index (χ2n) is 10.1. The normalized spacial score (nSPS) is 22.1. The standard InChI is InChI=1S/C26H26F2N6O5/c1-37-15-2-5-20-22(23(29)35)25(32-34(20)11-15)39-17-8-26(9-17)6-14(7-26)31-24(36)18-10-30-33-12-16(3-4-19(18)33)38-13-21(27)28/h2-5,10-12,14,17,21H,6-9,13H2,1H3,(H2,29,35)(H,31,36)/t14-,17-,26?. The second-order valence-corrected chi connectivity index (χ2v) is 10.1. The molecular weight excluding hydrogens is 514 g/mol. The molecule has 2 amide bonds. The van der Waals surface area contributed by atoms with Gasteiger partial charge in [0.15, 0.2) is 0 Å². The molecule has 0 aliphatic heterocycles. The quantitative estimate of drug-likeness (QED) is 0.333. The van der Waals surface area contributed by atoms with Crippen LogP contribution in [0.1, 0.15) is 46.4 Å². The fourth-order valence-electron chi connectivity index (χ4n) is 5.66. The van der Waals surface area contributed by atoms with E-state index in [1.807, 2.05) is 0 Å². The third kappa shape index (κ3) is 4.57. The first-order valence-electron chi connectivity index (χ1n) is 12.5. The highest BCUT2D eigenvalue weighted by Crippen LogP contribution is 2.57. The van der Waals surface area contributed by atoms with Crippen molar-refractivity contribution < 1.29 is 32.6 Å². The minimum atomic E-state index is -2.58. The SMILES string of the molecule is COc1ccc2c(C(N)=O)c(O[C@H]3CC4(C[C@H](NC(=O)c5cnn6cc(OCC(F)F)ccc56)C4)C3)nn2c1. The number of carbonyl (C=O) groups excluding carboxylic acids is 2. The maximum Gasteiger partial charge on any atom is 0.272 e. The third-order valence-corrected chi connectivity index (χ3v) is 7.46. The summed E-state index contributed by atoms with van der Waals surface area (Å²) >= 11 is 0. The Labute approximate surface area is 220 Å². The van der Waals surface area contributed by atoms with Gasteiger partial charge in [-0.3, -0.25) is 9.59 Å². The van der Waals surface area contributed by atoms with E-state index < -0.39 is 18.9 Å². The number of hydrogen-bond donors (Lipinski definition) is 2. The number of halogens is 2. The summed E-state index contributed by atoms with van der Waals surface area (Å²) in [6.45, 7) is -0.712. The lowest BCUT2D eigenvalue weighted by atomic mass is 9.53. The highest BCUT2D eigenvalue weighted by Gasteiger charge is 2.54. The molecule has 204 valence electrons. The van der Waals surface area contributed by atoms with Crippen LogP contribution in [-0.2, 0) is 0 Å². The Morgan fingerprint density at radius 1 is 1.10 bits per heavy atom. The molecule has 1 spiro atoms. The smallest absolute Gasteiger partial charge is 0.272 e. The number of hydrogen-bond acceptors (Lipinski definition) is 7. The van der Waals surface area contributed by atoms with Crippen molar-refractivity contribution in [1.82, 2.24) is 24.5 Å². The summed E-state index contributed by atoms with van der Waals surface area (Å²) in [7, 11) is 1.55. The van der Waals surface area contributed by atoms with Crippen LogP contribution in [0.25, 0.3) is 11.0 Å². The molecule has 0 radical (unpaired) electrons. The molecule has 11 nitrogen and oxygen atoms in total. The molecule has 2 saturated carbocycles. The maximum atomic E-state index is 12.9. The predicted octanol–water partition coefficient (Wildman–Crippen LogP) is 2.85. The first kappa shape index (κ1) is 24.9. The highest BCUT2D eigenvalue weighted by molar-refractivity contribution is 6.02. The molecule has 0 unspecified atom stereocenters. The Bertz CT molecular complexity index is 1570. The van der Waals surface area contributed by atoms with E-state index in [0.717, 1.165) is 25.7 Å². The number of ether oxygens (including phenoxy) is 3. The first-order chi connectivity index (χ1) is 18.7. The fourth-order valence-corrected chi connectivity index (χ4v) is 5.66. The van der Waals surface area contributed by atoms with Crippen LogP contribution in [-0.4, -0.2) is 63.3 Å². The molecule has 39 heavy (non-hydrogen) atoms. The number of fused-ring (bicyclic) bond motifs is 2. The van der Waals surface area contributed by atoms with Crippen LogP contribution < -0.4 is 25.3 Å². The molecule has 3 N–H and O–H groups in total. The van der Waals surface area contributed by atoms with Crippen molar-refractivity contribution in [3.05, 3.63) is 54.0 Å². The highest BCUT2D eigenvalue weighted by atomic mass is 19.3. The van der Waals surface area contributed by atoms with Gasteiger partial charge in [-0.25, -0.2) is 17.8 Å². The van der Waals surface area contributed by atoms with Gasteiger partial charge in [-0.1, -0.05) is 0 Å². The number of amides is 2. The zero-order valence-corrected chi connectivity index (χ0v) is 21.0. The Kier molecular flexibility index (Phi) is 6.00. The second kappa shape index (κ2) is 9.40. The molecule has 0 atom stereocenters. The van der Waals surface area contributed by atoms with E-state index in [2.05, 4.69) is 15.5 Å². The fraction of sp³-hybridized carbons (Fsp3) is 0.385. The number of nitrogens with one attached hydrogen (secondary N) is 1. The van der Waals surface area contributed by atoms with Gasteiger partial charge >= 0.3 is 0 Å². The molecule has 13 heteroatoms. The van der Waals surface area contributed by atoms with E-state index in [1.165, 1.54) is 27.5 Å². The molecule has 4 aromatic heterocycles. The van der Waals surface area contributed by atoms with E-state index in [1.54, 1.807) is 31.5 Å². The number of carbonyl (C=O) groups is 2. The minimum absolute atomic E-state index is 0.0193. The summed E-state index contributed by atoms with van der Waals surface area (Å²) in [6.07, 6.45) is 5.08. The third-order valence-electron chi connectivity index (χ3n) is 7.46. The topological polar surface area (TPSA) is 134 Å². The van der Waals surface area contributed by atoms with Crippen molar-refractivity contribution in [2.75, 3.05) is 13.7 Å². The van der Waals surface area contributed by atoms with Crippen molar-refractivity contribution in [3.8, 4) is 17.4 Å². The minimum Gasteiger partial charge on any atom is -0.495 e. The van der Waals surface area contributed by atoms with Gasteiger partial charge < -0.3 is 25.3 Å². The van der Waals surface area contributed by atoms with Crippen LogP contribution >= 0.6 is 0 Å². The zero-order valence-electron chi connectivity index (χ0n) is 21.0. The van der Waals surface area contributed by atoms with Gasteiger partial charge in [-0.2, -0.15) is 5.10 Å². The maximum absolute atomic E-state index is 12.9. The molecule has 4 aromatic rings. The lowest BCUT2D eigenvalue weighted by molar-refractivity contribution is -0.0848. The largest absolute Gasteiger partial charge is 0.495 e. The van der Waals surface area contributed by atoms with Crippen LogP contribution in [0.2, 0.25) is 0 Å². The van der Waals surface area contributed by atoms with Gasteiger partial charge in [0.1, 0.15) is 29.8 Å². The average Bonchev–Trinajstić information content (AvgIpc) is 3.45. The van der Waals surface area contributed by atoms with Gasteiger partial charge in [-0.05, 0) is 55.4 Å². The van der Waals surface area contributed by atoms with Gasteiger partial charge in [0.25, 0.3) is 18.2 Å². The Balaban J connectivity index is 1.04. The number of rotatable bonds is 9. The number of nitrogens with two attached hydrogens (primary N) is 1. The van der Waals surface area contributed by atoms with E-state index in [-0.39, 0.29) is 40.7 Å². The van der Waals surface area contributed by atoms with Crippen molar-refractivity contribution in [2.24, 2.45) is 11.1 Å². The van der Waals surface area contributed by atoms with Gasteiger partial charge in [0.05, 0.1) is 42.3 Å². The van der Waals surface area contributed by atoms with Crippen molar-refractivity contribution in [3.63, 3.8) is 0 Å². The van der Waals surface area contributed by atoms with E-state index >= 15 is 0 Å². The lowest BCUT2D eigenvalue weighted by Crippen LogP contribution is -2.58. The summed E-state index contributed by atoms with van der Waals surface area (Å²) in [4.78, 5) is 25.0. The molecule has 2 aliphatic rings. The number of nitrogens with zero attached hydrogens (tertiary/aromatic N) is 4. The Morgan fingerprint density at radius 3 is 2.54 bits per heavy atom. The molecular formula is C26H26F2N6O5. The number of methoxy groups -OCH3 is 1. The zero-order chi connectivity index (χ0) is 27.3. The number of pyridine rings is 2. The number of primary amides is 1. The van der Waals surface area contributed by atoms with E-state index in [4.69, 9.17) is 19.9 Å². The number of alkyl halides is 2. The summed E-state index contributed by atoms with van der Waals surface area (Å²) in [5.41, 5.74) is 7.42. The van der Waals surface area contributed by atoms with Gasteiger partial charge in [0, 0.05) is 6.04 Å². The van der Waals surface area contributed by atoms with Crippen molar-refractivity contribution in [2.45, 2.75) is 44.3 Å². The summed E-state index contributed by atoms with van der Waals surface area (Å²) in [5.74, 6) is 0.174. The molecule has 0 aromatic carbocycles. The predicted molar refractivity (Wildman–Crippen MR) is 134 cm³/mol. The van der Waals surface area contributed by atoms with Crippen LogP contribution in [0.15, 0.2) is 42.9 Å². The molecule has 4 heterocycles. The van der Waals surface area contributed by atoms with Crippen LogP contribution in [0.3, 0.4) is 0 Å². The monoisotopic (exact) mass is 540 g/mol. The molecule has 2 fully saturated rings. The first-order valence-corrected chi connectivity index (χ1v) is 12.5. The summed E-state index contributed by atoms with van der Waals surface area (Å²) < 4.78 is 44.0. The van der Waals surface area contributed by atoms with Crippen LogP contribution in [0.4, 0.5) is 8.78 Å². The Morgan fingerprint density at radius 2 is 1.82 bits per heavy atom. The van der Waals surface area contributed by atoms with Crippen LogP contribution in [0, 0.1) is 5.41 Å². The summed E-state index contributed by atoms with van der Waals surface area (Å²) in [6, 6.07) is 6.61. The van der Waals surface area contributed by atoms with E-state index in [0.29, 0.717) is 22.3 Å². The van der Waals surface area contributed by atoms with E-state index in [9.17, 15) is 18.4 Å². The van der Waals surface area contributed by atoms with Crippen LogP contribution in [0.5, 0.6) is 17.4 Å². The summed E-state index contributed by atoms with van der Waals surface area (Å²) in [5, 5.41) is 11.6. The Hall–Kier alpha value is -4.42. The molecule has 2 aliphatic carbocycles. The molecule has 0 bridgehead atoms. The van der Waals surface area contributed by atoms with Crippen molar-refractivity contribution >= 4 is 22.8 Å². The molecule has 6 rings (SSSR count). The lowest BCUT2D eigenvalue weighted by Gasteiger charge is -2.57. The van der Waals surface area contributed by atoms with Gasteiger partial charge in [-0.15, -0.1) is 5.10 Å².